The molecule has 2 aliphatic carbocycles. The van der Waals surface area contributed by atoms with Crippen molar-refractivity contribution in [2.75, 3.05) is 0 Å². The van der Waals surface area contributed by atoms with Gasteiger partial charge in [-0.1, -0.05) is 37.1 Å². The van der Waals surface area contributed by atoms with Crippen molar-refractivity contribution in [1.82, 2.24) is 0 Å². The van der Waals surface area contributed by atoms with Crippen LogP contribution >= 0.6 is 11.6 Å². The van der Waals surface area contributed by atoms with Gasteiger partial charge in [-0.25, -0.2) is 0 Å². The molecule has 0 N–H and O–H groups in total. The van der Waals surface area contributed by atoms with Crippen LogP contribution in [0.5, 0.6) is 0 Å². The van der Waals surface area contributed by atoms with Crippen LogP contribution in [0.2, 0.25) is 5.02 Å². The Morgan fingerprint density at radius 2 is 2.00 bits per heavy atom. The van der Waals surface area contributed by atoms with Gasteiger partial charge in [-0.3, -0.25) is 0 Å². The van der Waals surface area contributed by atoms with Crippen LogP contribution in [-0.2, 0) is 4.79 Å². The normalized spacial score (nSPS) is 40.5. The van der Waals surface area contributed by atoms with Crippen LogP contribution in [0, 0.1) is 10.8 Å². The third kappa shape index (κ3) is 1.05. The second kappa shape index (κ2) is 3.10. The minimum absolute atomic E-state index is 0.0686. The fourth-order valence-electron chi connectivity index (χ4n) is 3.93. The molecule has 0 bridgehead atoms. The van der Waals surface area contributed by atoms with E-state index in [1.165, 1.54) is 24.7 Å². The summed E-state index contributed by atoms with van der Waals surface area (Å²) >= 11 is 5.89. The highest BCUT2D eigenvalue weighted by Crippen LogP contribution is 2.80. The van der Waals surface area contributed by atoms with Crippen molar-refractivity contribution in [2.45, 2.75) is 32.1 Å². The predicted octanol–water partition coefficient (Wildman–Crippen LogP) is 3.81. The quantitative estimate of drug-likeness (QED) is 0.712. The van der Waals surface area contributed by atoms with Crippen LogP contribution in [0.4, 0.5) is 0 Å². The monoisotopic (exact) mass is 234 g/mol. The van der Waals surface area contributed by atoms with Gasteiger partial charge < -0.3 is 4.79 Å². The fourth-order valence-corrected chi connectivity index (χ4v) is 4.05. The highest BCUT2D eigenvalue weighted by Gasteiger charge is 2.75. The van der Waals surface area contributed by atoms with Crippen molar-refractivity contribution in [3.8, 4) is 0 Å². The van der Waals surface area contributed by atoms with Crippen molar-refractivity contribution < 1.29 is 4.79 Å². The maximum Gasteiger partial charge on any atom is 0.127 e. The van der Waals surface area contributed by atoms with Gasteiger partial charge in [0.2, 0.25) is 0 Å². The molecule has 2 fully saturated rings. The molecule has 84 valence electrons. The van der Waals surface area contributed by atoms with Gasteiger partial charge in [0.1, 0.15) is 6.29 Å². The first-order chi connectivity index (χ1) is 7.64. The van der Waals surface area contributed by atoms with Crippen molar-refractivity contribution in [2.24, 2.45) is 10.8 Å². The second-order valence-electron chi connectivity index (χ2n) is 5.41. The van der Waals surface area contributed by atoms with Crippen molar-refractivity contribution in [1.29, 1.82) is 0 Å². The molecular weight excluding hydrogens is 220 g/mol. The summed E-state index contributed by atoms with van der Waals surface area (Å²) in [6.45, 7) is 2.26. The van der Waals surface area contributed by atoms with Crippen LogP contribution in [0.1, 0.15) is 37.7 Å². The maximum absolute atomic E-state index is 11.4. The Bertz CT molecular complexity index is 439. The number of halogens is 1. The molecule has 2 saturated carbocycles. The van der Waals surface area contributed by atoms with E-state index in [9.17, 15) is 4.79 Å². The minimum Gasteiger partial charge on any atom is -0.303 e. The Balaban J connectivity index is 1.99. The fraction of sp³-hybridized carbons (Fsp3) is 0.500. The largest absolute Gasteiger partial charge is 0.303 e. The van der Waals surface area contributed by atoms with Gasteiger partial charge in [0, 0.05) is 16.4 Å². The molecule has 2 heteroatoms. The van der Waals surface area contributed by atoms with Gasteiger partial charge in [-0.2, -0.15) is 0 Å². The first-order valence-electron chi connectivity index (χ1n) is 5.86. The smallest absolute Gasteiger partial charge is 0.127 e. The molecule has 0 amide bonds. The summed E-state index contributed by atoms with van der Waals surface area (Å²) in [6.07, 6.45) is 4.64. The number of carbonyl (C=O) groups excluding carboxylic acids is 1. The molecule has 1 nitrogen and oxygen atoms in total. The number of rotatable bonds is 2. The molecule has 3 rings (SSSR count). The Morgan fingerprint density at radius 1 is 1.31 bits per heavy atom. The lowest BCUT2D eigenvalue weighted by Crippen LogP contribution is -2.05. The number of aldehydes is 1. The number of hydrogen-bond acceptors (Lipinski definition) is 1. The summed E-state index contributed by atoms with van der Waals surface area (Å²) in [7, 11) is 0. The molecule has 0 aliphatic heterocycles. The lowest BCUT2D eigenvalue weighted by atomic mass is 9.96. The predicted molar refractivity (Wildman–Crippen MR) is 64.6 cm³/mol. The van der Waals surface area contributed by atoms with E-state index >= 15 is 0 Å². The Morgan fingerprint density at radius 3 is 2.56 bits per heavy atom. The van der Waals surface area contributed by atoms with Crippen LogP contribution in [0.25, 0.3) is 0 Å². The topological polar surface area (TPSA) is 17.1 Å². The molecule has 2 aliphatic rings. The summed E-state index contributed by atoms with van der Waals surface area (Å²) in [5.41, 5.74) is 1.42. The summed E-state index contributed by atoms with van der Waals surface area (Å²) in [5.74, 6) is 0.420. The average molecular weight is 235 g/mol. The van der Waals surface area contributed by atoms with Gasteiger partial charge in [-0.15, -0.1) is 0 Å². The lowest BCUT2D eigenvalue weighted by Gasteiger charge is -2.08. The number of hydrogen-bond donors (Lipinski definition) is 0. The SMILES string of the molecule is C[C@]12CCC[C@@]1(C=O)[C@@H]2c1ccc(Cl)cc1. The second-order valence-corrected chi connectivity index (χ2v) is 5.85. The summed E-state index contributed by atoms with van der Waals surface area (Å²) < 4.78 is 0. The minimum atomic E-state index is -0.0686. The Labute approximate surface area is 101 Å². The van der Waals surface area contributed by atoms with Gasteiger partial charge >= 0.3 is 0 Å². The first kappa shape index (κ1) is 10.3. The highest BCUT2D eigenvalue weighted by molar-refractivity contribution is 6.30. The van der Waals surface area contributed by atoms with E-state index in [4.69, 9.17) is 11.6 Å². The summed E-state index contributed by atoms with van der Waals surface area (Å²) in [6, 6.07) is 7.99. The lowest BCUT2D eigenvalue weighted by molar-refractivity contribution is -0.113. The molecule has 0 unspecified atom stereocenters. The van der Waals surface area contributed by atoms with Crippen molar-refractivity contribution >= 4 is 17.9 Å². The van der Waals surface area contributed by atoms with E-state index in [2.05, 4.69) is 19.1 Å². The number of carbonyl (C=O) groups is 1. The molecule has 0 spiro atoms. The molecule has 0 saturated heterocycles. The standard InChI is InChI=1S/C14H15ClO/c1-13-7-2-8-14(13,9-16)12(13)10-3-5-11(15)6-4-10/h3-6,9,12H,2,7-8H2,1H3/t12-,13-,14-/m1/s1. The van der Waals surface area contributed by atoms with E-state index in [1.54, 1.807) is 0 Å². The van der Waals surface area contributed by atoms with Gasteiger partial charge in [0.25, 0.3) is 0 Å². The van der Waals surface area contributed by atoms with E-state index in [1.807, 2.05) is 12.1 Å². The zero-order valence-corrected chi connectivity index (χ0v) is 10.1. The van der Waals surface area contributed by atoms with Gasteiger partial charge in [-0.05, 0) is 36.0 Å². The zero-order chi connectivity index (χ0) is 11.4. The average Bonchev–Trinajstić information content (AvgIpc) is 2.63. The first-order valence-corrected chi connectivity index (χ1v) is 6.24. The molecule has 16 heavy (non-hydrogen) atoms. The maximum atomic E-state index is 11.4. The summed E-state index contributed by atoms with van der Waals surface area (Å²) in [5, 5.41) is 0.764. The number of fused-ring (bicyclic) bond motifs is 1. The molecule has 1 aromatic carbocycles. The van der Waals surface area contributed by atoms with Gasteiger partial charge in [0.15, 0.2) is 0 Å². The Hall–Kier alpha value is -0.820. The molecular formula is C14H15ClO. The summed E-state index contributed by atoms with van der Waals surface area (Å²) in [4.78, 5) is 11.4. The van der Waals surface area contributed by atoms with Crippen LogP contribution in [0.15, 0.2) is 24.3 Å². The molecule has 0 heterocycles. The third-order valence-corrected chi connectivity index (χ3v) is 5.08. The third-order valence-electron chi connectivity index (χ3n) is 4.83. The molecule has 0 radical (unpaired) electrons. The van der Waals surface area contributed by atoms with E-state index in [-0.39, 0.29) is 10.8 Å². The molecule has 1 aromatic rings. The number of benzene rings is 1. The van der Waals surface area contributed by atoms with Gasteiger partial charge in [0.05, 0.1) is 0 Å². The van der Waals surface area contributed by atoms with Crippen LogP contribution in [0.3, 0.4) is 0 Å². The van der Waals surface area contributed by atoms with E-state index < -0.39 is 0 Å². The zero-order valence-electron chi connectivity index (χ0n) is 9.37. The van der Waals surface area contributed by atoms with E-state index in [0.717, 1.165) is 11.4 Å². The highest BCUT2D eigenvalue weighted by atomic mass is 35.5. The van der Waals surface area contributed by atoms with E-state index in [0.29, 0.717) is 5.92 Å². The molecule has 3 atom stereocenters. The van der Waals surface area contributed by atoms with Crippen LogP contribution in [-0.4, -0.2) is 6.29 Å². The molecule has 0 aromatic heterocycles. The van der Waals surface area contributed by atoms with Crippen LogP contribution < -0.4 is 0 Å². The Kier molecular flexibility index (Phi) is 2.00. The van der Waals surface area contributed by atoms with Crippen molar-refractivity contribution in [3.63, 3.8) is 0 Å². The van der Waals surface area contributed by atoms with Crippen molar-refractivity contribution in [3.05, 3.63) is 34.9 Å².